The van der Waals surface area contributed by atoms with E-state index in [-0.39, 0.29) is 16.9 Å². The number of amides is 2. The molecular weight excluding hydrogens is 414 g/mol. The molecule has 164 valence electrons. The fourth-order valence-corrected chi connectivity index (χ4v) is 2.88. The minimum Gasteiger partial charge on any atom is -0.493 e. The molecule has 7 nitrogen and oxygen atoms in total. The number of thiocarbonyl (C=S) groups is 1. The van der Waals surface area contributed by atoms with Gasteiger partial charge < -0.3 is 20.1 Å². The maximum Gasteiger partial charge on any atom is 0.251 e. The Kier molecular flexibility index (Phi) is 9.51. The Balaban J connectivity index is 1.92. The first-order valence-electron chi connectivity index (χ1n) is 9.87. The van der Waals surface area contributed by atoms with Gasteiger partial charge in [0.15, 0.2) is 16.6 Å². The molecule has 0 atom stereocenters. The molecule has 0 heterocycles. The van der Waals surface area contributed by atoms with E-state index in [1.54, 1.807) is 62.8 Å². The van der Waals surface area contributed by atoms with Crippen LogP contribution < -0.4 is 25.4 Å². The normalized spacial score (nSPS) is 10.4. The van der Waals surface area contributed by atoms with E-state index in [2.05, 4.69) is 22.9 Å². The highest BCUT2D eigenvalue weighted by Crippen LogP contribution is 2.27. The Bertz CT molecular complexity index is 960. The van der Waals surface area contributed by atoms with Gasteiger partial charge in [0.25, 0.3) is 5.91 Å². The molecule has 2 aromatic carbocycles. The Morgan fingerprint density at radius 2 is 1.84 bits per heavy atom. The number of rotatable bonds is 9. The van der Waals surface area contributed by atoms with Gasteiger partial charge >= 0.3 is 0 Å². The summed E-state index contributed by atoms with van der Waals surface area (Å²) in [5.41, 5.74) is 1.90. The molecule has 8 heteroatoms. The number of anilines is 1. The summed E-state index contributed by atoms with van der Waals surface area (Å²) in [7, 11) is 3.11. The molecule has 0 spiro atoms. The van der Waals surface area contributed by atoms with Gasteiger partial charge in [-0.05, 0) is 60.6 Å². The average molecular weight is 442 g/mol. The van der Waals surface area contributed by atoms with E-state index in [1.165, 1.54) is 6.08 Å². The van der Waals surface area contributed by atoms with E-state index in [1.807, 2.05) is 0 Å². The van der Waals surface area contributed by atoms with E-state index in [9.17, 15) is 9.59 Å². The minimum absolute atomic E-state index is 0.130. The standard InChI is InChI=1S/C23H27N3O4S/c1-4-5-13-24-22(28)17-7-6-8-18(15-17)25-23(31)26-21(27)12-10-16-9-11-19(29-2)20(14-16)30-3/h6-12,14-15H,4-5,13H2,1-3H3,(H,24,28)(H2,25,26,27,31)/b12-10+. The molecule has 0 aliphatic carbocycles. The highest BCUT2D eigenvalue weighted by molar-refractivity contribution is 7.80. The quantitative estimate of drug-likeness (QED) is 0.312. The Morgan fingerprint density at radius 1 is 1.06 bits per heavy atom. The minimum atomic E-state index is -0.388. The first-order chi connectivity index (χ1) is 15.0. The smallest absolute Gasteiger partial charge is 0.251 e. The molecule has 2 rings (SSSR count). The Morgan fingerprint density at radius 3 is 2.55 bits per heavy atom. The lowest BCUT2D eigenvalue weighted by Crippen LogP contribution is -2.33. The van der Waals surface area contributed by atoms with Crippen LogP contribution in [0.2, 0.25) is 0 Å². The molecule has 0 radical (unpaired) electrons. The number of unbranched alkanes of at least 4 members (excludes halogenated alkanes) is 1. The van der Waals surface area contributed by atoms with Gasteiger partial charge in [0.1, 0.15) is 0 Å². The summed E-state index contributed by atoms with van der Waals surface area (Å²) in [5, 5.41) is 8.49. The molecule has 0 unspecified atom stereocenters. The number of methoxy groups -OCH3 is 2. The topological polar surface area (TPSA) is 88.7 Å². The summed E-state index contributed by atoms with van der Waals surface area (Å²) < 4.78 is 10.4. The fraction of sp³-hybridized carbons (Fsp3) is 0.261. The second-order valence-electron chi connectivity index (χ2n) is 6.58. The molecule has 0 aliphatic heterocycles. The van der Waals surface area contributed by atoms with Crippen LogP contribution >= 0.6 is 12.2 Å². The summed E-state index contributed by atoms with van der Waals surface area (Å²) in [4.78, 5) is 24.3. The van der Waals surface area contributed by atoms with Gasteiger partial charge in [0, 0.05) is 23.9 Å². The van der Waals surface area contributed by atoms with Crippen LogP contribution in [0.15, 0.2) is 48.5 Å². The third kappa shape index (κ3) is 7.75. The highest BCUT2D eigenvalue weighted by atomic mass is 32.1. The molecule has 0 fully saturated rings. The predicted molar refractivity (Wildman–Crippen MR) is 127 cm³/mol. The summed E-state index contributed by atoms with van der Waals surface area (Å²) in [5.74, 6) is 0.641. The second-order valence-corrected chi connectivity index (χ2v) is 6.99. The molecule has 0 aromatic heterocycles. The molecule has 2 aromatic rings. The number of nitrogens with one attached hydrogen (secondary N) is 3. The van der Waals surface area contributed by atoms with Crippen molar-refractivity contribution in [2.75, 3.05) is 26.1 Å². The van der Waals surface area contributed by atoms with Crippen molar-refractivity contribution >= 4 is 40.9 Å². The van der Waals surface area contributed by atoms with Crippen molar-refractivity contribution in [3.05, 3.63) is 59.7 Å². The van der Waals surface area contributed by atoms with Crippen LogP contribution in [0.25, 0.3) is 6.08 Å². The van der Waals surface area contributed by atoms with Crippen LogP contribution in [-0.2, 0) is 4.79 Å². The zero-order valence-corrected chi connectivity index (χ0v) is 18.7. The number of carbonyl (C=O) groups excluding carboxylic acids is 2. The van der Waals surface area contributed by atoms with Crippen molar-refractivity contribution in [3.8, 4) is 11.5 Å². The lowest BCUT2D eigenvalue weighted by atomic mass is 10.2. The van der Waals surface area contributed by atoms with Crippen LogP contribution in [0.3, 0.4) is 0 Å². The van der Waals surface area contributed by atoms with Gasteiger partial charge in [-0.15, -0.1) is 0 Å². The average Bonchev–Trinajstić information content (AvgIpc) is 2.77. The van der Waals surface area contributed by atoms with Crippen molar-refractivity contribution in [1.29, 1.82) is 0 Å². The molecular formula is C23H27N3O4S. The molecule has 0 aliphatic rings. The maximum absolute atomic E-state index is 12.2. The number of ether oxygens (including phenoxy) is 2. The second kappa shape index (κ2) is 12.3. The number of hydrogen-bond donors (Lipinski definition) is 3. The van der Waals surface area contributed by atoms with Crippen LogP contribution in [0.4, 0.5) is 5.69 Å². The lowest BCUT2D eigenvalue weighted by Gasteiger charge is -2.10. The van der Waals surface area contributed by atoms with Crippen LogP contribution in [0, 0.1) is 0 Å². The van der Waals surface area contributed by atoms with Crippen molar-refractivity contribution in [2.45, 2.75) is 19.8 Å². The molecule has 0 saturated heterocycles. The van der Waals surface area contributed by atoms with E-state index < -0.39 is 0 Å². The summed E-state index contributed by atoms with van der Waals surface area (Å²) in [6.07, 6.45) is 4.95. The van der Waals surface area contributed by atoms with Gasteiger partial charge in [-0.2, -0.15) is 0 Å². The van der Waals surface area contributed by atoms with Crippen LogP contribution in [-0.4, -0.2) is 37.7 Å². The van der Waals surface area contributed by atoms with Crippen molar-refractivity contribution < 1.29 is 19.1 Å². The van der Waals surface area contributed by atoms with Crippen LogP contribution in [0.5, 0.6) is 11.5 Å². The van der Waals surface area contributed by atoms with Gasteiger partial charge in [0.2, 0.25) is 5.91 Å². The third-order valence-corrected chi connectivity index (χ3v) is 4.47. The zero-order valence-electron chi connectivity index (χ0n) is 17.9. The maximum atomic E-state index is 12.2. The van der Waals surface area contributed by atoms with Crippen molar-refractivity contribution in [3.63, 3.8) is 0 Å². The monoisotopic (exact) mass is 441 g/mol. The molecule has 2 amide bonds. The van der Waals surface area contributed by atoms with Crippen molar-refractivity contribution in [2.24, 2.45) is 0 Å². The lowest BCUT2D eigenvalue weighted by molar-refractivity contribution is -0.115. The zero-order chi connectivity index (χ0) is 22.6. The van der Waals surface area contributed by atoms with E-state index in [0.29, 0.717) is 29.3 Å². The van der Waals surface area contributed by atoms with Crippen LogP contribution in [0.1, 0.15) is 35.7 Å². The van der Waals surface area contributed by atoms with Gasteiger partial charge in [-0.25, -0.2) is 0 Å². The Labute approximate surface area is 187 Å². The summed E-state index contributed by atoms with van der Waals surface area (Å²) >= 11 is 5.20. The first kappa shape index (κ1) is 23.9. The van der Waals surface area contributed by atoms with Gasteiger partial charge in [-0.1, -0.05) is 25.5 Å². The Hall–Kier alpha value is -3.39. The number of carbonyl (C=O) groups is 2. The molecule has 0 saturated carbocycles. The SMILES string of the molecule is CCCCNC(=O)c1cccc(NC(=S)NC(=O)/C=C/c2ccc(OC)c(OC)c2)c1. The van der Waals surface area contributed by atoms with E-state index >= 15 is 0 Å². The third-order valence-electron chi connectivity index (χ3n) is 4.27. The molecule has 31 heavy (non-hydrogen) atoms. The summed E-state index contributed by atoms with van der Waals surface area (Å²) in [6, 6.07) is 12.2. The number of benzene rings is 2. The van der Waals surface area contributed by atoms with E-state index in [4.69, 9.17) is 21.7 Å². The molecule has 0 bridgehead atoms. The largest absolute Gasteiger partial charge is 0.493 e. The van der Waals surface area contributed by atoms with Crippen molar-refractivity contribution in [1.82, 2.24) is 10.6 Å². The molecule has 3 N–H and O–H groups in total. The fourth-order valence-electron chi connectivity index (χ4n) is 2.66. The van der Waals surface area contributed by atoms with Gasteiger partial charge in [0.05, 0.1) is 14.2 Å². The predicted octanol–water partition coefficient (Wildman–Crippen LogP) is 3.76. The van der Waals surface area contributed by atoms with Gasteiger partial charge in [-0.3, -0.25) is 14.9 Å². The summed E-state index contributed by atoms with van der Waals surface area (Å²) in [6.45, 7) is 2.70. The number of hydrogen-bond acceptors (Lipinski definition) is 5. The van der Waals surface area contributed by atoms with E-state index in [0.717, 1.165) is 18.4 Å². The first-order valence-corrected chi connectivity index (χ1v) is 10.3. The highest BCUT2D eigenvalue weighted by Gasteiger charge is 2.08.